The second-order valence-electron chi connectivity index (χ2n) is 7.93. The molecule has 6 heteroatoms. The first-order valence-corrected chi connectivity index (χ1v) is 10.6. The van der Waals surface area contributed by atoms with Gasteiger partial charge >= 0.3 is 0 Å². The summed E-state index contributed by atoms with van der Waals surface area (Å²) < 4.78 is 5.30. The lowest BCUT2D eigenvalue weighted by Gasteiger charge is -2.42. The molecule has 3 fully saturated rings. The van der Waals surface area contributed by atoms with Crippen LogP contribution in [0.1, 0.15) is 51.9 Å². The Morgan fingerprint density at radius 2 is 1.65 bits per heavy atom. The first-order chi connectivity index (χ1) is 12.7. The van der Waals surface area contributed by atoms with Crippen LogP contribution in [0.3, 0.4) is 0 Å². The molecule has 0 unspecified atom stereocenters. The van der Waals surface area contributed by atoms with Gasteiger partial charge in [0.1, 0.15) is 0 Å². The molecule has 0 aromatic carbocycles. The average molecular weight is 366 g/mol. The summed E-state index contributed by atoms with van der Waals surface area (Å²) in [7, 11) is 0. The Hall–Kier alpha value is -1.14. The highest BCUT2D eigenvalue weighted by atomic mass is 16.5. The zero-order chi connectivity index (χ0) is 18.4. The van der Waals surface area contributed by atoms with Crippen molar-refractivity contribution in [3.63, 3.8) is 0 Å². The molecule has 0 aromatic rings. The number of ether oxygens (including phenoxy) is 1. The molecule has 0 bridgehead atoms. The maximum atomic E-state index is 12.7. The van der Waals surface area contributed by atoms with Crippen LogP contribution in [0.5, 0.6) is 0 Å². The second kappa shape index (κ2) is 9.70. The topological polar surface area (TPSA) is 53.1 Å². The monoisotopic (exact) mass is 365 g/mol. The van der Waals surface area contributed by atoms with Gasteiger partial charge in [-0.25, -0.2) is 0 Å². The second-order valence-corrected chi connectivity index (χ2v) is 7.93. The van der Waals surface area contributed by atoms with E-state index in [0.717, 1.165) is 77.8 Å². The van der Waals surface area contributed by atoms with E-state index in [9.17, 15) is 9.59 Å². The van der Waals surface area contributed by atoms with E-state index in [4.69, 9.17) is 4.74 Å². The first-order valence-electron chi connectivity index (χ1n) is 10.6. The normalized spacial score (nSPS) is 25.7. The molecule has 0 radical (unpaired) electrons. The smallest absolute Gasteiger partial charge is 0.226 e. The molecule has 26 heavy (non-hydrogen) atoms. The highest BCUT2D eigenvalue weighted by Crippen LogP contribution is 2.26. The van der Waals surface area contributed by atoms with Crippen LogP contribution in [-0.2, 0) is 14.3 Å². The molecule has 0 spiro atoms. The summed E-state index contributed by atoms with van der Waals surface area (Å²) in [5.74, 6) is 0.793. The molecule has 3 aliphatic rings. The van der Waals surface area contributed by atoms with Crippen LogP contribution in [0.15, 0.2) is 0 Å². The maximum Gasteiger partial charge on any atom is 0.226 e. The standard InChI is InChI=1S/C20H35N3O3/c1-2-26-15-9-19(24)21-13-7-18(8-14-21)23-12-5-6-17(16-23)20(25)22-10-3-4-11-22/h17-18H,2-16H2,1H3/t17-/m0/s1. The van der Waals surface area contributed by atoms with Crippen LogP contribution in [-0.4, -0.2) is 85.0 Å². The van der Waals surface area contributed by atoms with Crippen molar-refractivity contribution in [2.24, 2.45) is 5.92 Å². The van der Waals surface area contributed by atoms with Crippen LogP contribution in [0.4, 0.5) is 0 Å². The summed E-state index contributed by atoms with van der Waals surface area (Å²) >= 11 is 0. The minimum atomic E-state index is 0.188. The quantitative estimate of drug-likeness (QED) is 0.673. The van der Waals surface area contributed by atoms with Crippen molar-refractivity contribution in [3.05, 3.63) is 0 Å². The van der Waals surface area contributed by atoms with Gasteiger partial charge in [0.2, 0.25) is 11.8 Å². The number of hydrogen-bond acceptors (Lipinski definition) is 4. The van der Waals surface area contributed by atoms with Gasteiger partial charge < -0.3 is 14.5 Å². The number of carbonyl (C=O) groups is 2. The number of nitrogens with zero attached hydrogens (tertiary/aromatic N) is 3. The predicted octanol–water partition coefficient (Wildman–Crippen LogP) is 1.74. The van der Waals surface area contributed by atoms with Gasteiger partial charge in [0.15, 0.2) is 0 Å². The lowest BCUT2D eigenvalue weighted by molar-refractivity contribution is -0.136. The van der Waals surface area contributed by atoms with Crippen molar-refractivity contribution < 1.29 is 14.3 Å². The Morgan fingerprint density at radius 3 is 2.35 bits per heavy atom. The molecular weight excluding hydrogens is 330 g/mol. The van der Waals surface area contributed by atoms with Crippen molar-refractivity contribution >= 4 is 11.8 Å². The van der Waals surface area contributed by atoms with E-state index in [1.165, 1.54) is 0 Å². The number of amides is 2. The Bertz CT molecular complexity index is 471. The molecule has 0 aromatic heterocycles. The molecule has 3 saturated heterocycles. The SMILES string of the molecule is CCOCCC(=O)N1CCC(N2CCC[C@H](C(=O)N3CCCC3)C2)CC1. The lowest BCUT2D eigenvalue weighted by Crippen LogP contribution is -2.51. The van der Waals surface area contributed by atoms with Gasteiger partial charge in [0.05, 0.1) is 18.9 Å². The lowest BCUT2D eigenvalue weighted by atomic mass is 9.93. The van der Waals surface area contributed by atoms with Gasteiger partial charge in [0.25, 0.3) is 0 Å². The predicted molar refractivity (Wildman–Crippen MR) is 101 cm³/mol. The minimum absolute atomic E-state index is 0.188. The van der Waals surface area contributed by atoms with Crippen LogP contribution in [0.25, 0.3) is 0 Å². The Labute approximate surface area is 157 Å². The molecule has 2 amide bonds. The van der Waals surface area contributed by atoms with Crippen molar-refractivity contribution in [3.8, 4) is 0 Å². The average Bonchev–Trinajstić information content (AvgIpc) is 3.22. The van der Waals surface area contributed by atoms with E-state index in [2.05, 4.69) is 9.80 Å². The Kier molecular flexibility index (Phi) is 7.32. The third kappa shape index (κ3) is 4.97. The largest absolute Gasteiger partial charge is 0.381 e. The third-order valence-corrected chi connectivity index (χ3v) is 6.22. The van der Waals surface area contributed by atoms with Gasteiger partial charge in [-0.2, -0.15) is 0 Å². The number of likely N-dealkylation sites (tertiary alicyclic amines) is 3. The Balaban J connectivity index is 1.43. The summed E-state index contributed by atoms with van der Waals surface area (Å²) in [6.07, 6.45) is 7.05. The highest BCUT2D eigenvalue weighted by molar-refractivity contribution is 5.79. The van der Waals surface area contributed by atoms with Gasteiger partial charge in [-0.1, -0.05) is 0 Å². The highest BCUT2D eigenvalue weighted by Gasteiger charge is 2.34. The van der Waals surface area contributed by atoms with E-state index in [-0.39, 0.29) is 11.8 Å². The van der Waals surface area contributed by atoms with E-state index in [1.807, 2.05) is 11.8 Å². The molecule has 3 heterocycles. The molecule has 3 aliphatic heterocycles. The van der Waals surface area contributed by atoms with Crippen molar-refractivity contribution in [1.82, 2.24) is 14.7 Å². The fourth-order valence-electron chi connectivity index (χ4n) is 4.68. The van der Waals surface area contributed by atoms with Crippen LogP contribution in [0.2, 0.25) is 0 Å². The summed E-state index contributed by atoms with van der Waals surface area (Å²) in [5, 5.41) is 0. The summed E-state index contributed by atoms with van der Waals surface area (Å²) in [4.78, 5) is 31.6. The molecule has 0 aliphatic carbocycles. The van der Waals surface area contributed by atoms with E-state index < -0.39 is 0 Å². The van der Waals surface area contributed by atoms with Gasteiger partial charge in [-0.05, 0) is 52.0 Å². The van der Waals surface area contributed by atoms with Crippen molar-refractivity contribution in [1.29, 1.82) is 0 Å². The summed E-state index contributed by atoms with van der Waals surface area (Å²) in [5.41, 5.74) is 0. The molecule has 0 N–H and O–H groups in total. The van der Waals surface area contributed by atoms with Crippen LogP contribution < -0.4 is 0 Å². The first kappa shape index (κ1) is 19.6. The van der Waals surface area contributed by atoms with E-state index >= 15 is 0 Å². The third-order valence-electron chi connectivity index (χ3n) is 6.22. The number of hydrogen-bond donors (Lipinski definition) is 0. The van der Waals surface area contributed by atoms with Crippen molar-refractivity contribution in [2.75, 3.05) is 52.5 Å². The molecule has 3 rings (SSSR count). The fourth-order valence-corrected chi connectivity index (χ4v) is 4.68. The molecule has 6 nitrogen and oxygen atoms in total. The molecule has 1 atom stereocenters. The van der Waals surface area contributed by atoms with E-state index in [1.54, 1.807) is 0 Å². The van der Waals surface area contributed by atoms with Crippen LogP contribution in [0, 0.1) is 5.92 Å². The van der Waals surface area contributed by atoms with Crippen molar-refractivity contribution in [2.45, 2.75) is 57.9 Å². The number of rotatable bonds is 6. The fraction of sp³-hybridized carbons (Fsp3) is 0.900. The molecule has 0 saturated carbocycles. The zero-order valence-corrected chi connectivity index (χ0v) is 16.3. The van der Waals surface area contributed by atoms with Gasteiger partial charge in [0, 0.05) is 45.4 Å². The van der Waals surface area contributed by atoms with Gasteiger partial charge in [-0.15, -0.1) is 0 Å². The molecule has 148 valence electrons. The van der Waals surface area contributed by atoms with Crippen LogP contribution >= 0.6 is 0 Å². The Morgan fingerprint density at radius 1 is 0.923 bits per heavy atom. The van der Waals surface area contributed by atoms with E-state index in [0.29, 0.717) is 31.6 Å². The maximum absolute atomic E-state index is 12.7. The molecular formula is C20H35N3O3. The zero-order valence-electron chi connectivity index (χ0n) is 16.3. The summed E-state index contributed by atoms with van der Waals surface area (Å²) in [6.45, 7) is 8.77. The summed E-state index contributed by atoms with van der Waals surface area (Å²) in [6, 6.07) is 0.528. The number of carbonyl (C=O) groups excluding carboxylic acids is 2. The van der Waals surface area contributed by atoms with Gasteiger partial charge in [-0.3, -0.25) is 14.5 Å². The minimum Gasteiger partial charge on any atom is -0.381 e. The number of piperidine rings is 2.